The van der Waals surface area contributed by atoms with Crippen LogP contribution in [0.2, 0.25) is 0 Å². The molecule has 32 heavy (non-hydrogen) atoms. The SMILES string of the molecule is CCOC(=O)/C=C1\CC(NP(=S)(c2ccccc2)c2ccccc2)c2cccc(C)c2O1. The summed E-state index contributed by atoms with van der Waals surface area (Å²) in [4.78, 5) is 12.1. The highest BCUT2D eigenvalue weighted by atomic mass is 32.4. The lowest BCUT2D eigenvalue weighted by Crippen LogP contribution is -2.32. The number of carbonyl (C=O) groups excluding carboxylic acids is 1. The molecule has 3 aromatic carbocycles. The van der Waals surface area contributed by atoms with Crippen molar-refractivity contribution in [1.29, 1.82) is 0 Å². The number of carbonyl (C=O) groups is 1. The zero-order valence-electron chi connectivity index (χ0n) is 18.2. The van der Waals surface area contributed by atoms with E-state index in [4.69, 9.17) is 21.3 Å². The summed E-state index contributed by atoms with van der Waals surface area (Å²) >= 11 is 6.39. The molecule has 1 aliphatic rings. The molecule has 0 radical (unpaired) electrons. The Balaban J connectivity index is 1.79. The first kappa shape index (κ1) is 22.5. The standard InChI is InChI=1S/C26H26NO3PS/c1-3-29-25(28)18-20-17-24(23-16-10-11-19(2)26(23)30-20)27-31(32,21-12-6-4-7-13-21)22-14-8-5-9-15-22/h4-16,18,24H,3,17H2,1-2H3,(H,27,32)/b20-18+. The first-order valence-corrected chi connectivity index (χ1v) is 13.4. The summed E-state index contributed by atoms with van der Waals surface area (Å²) < 4.78 is 11.2. The Bertz CT molecular complexity index is 1130. The summed E-state index contributed by atoms with van der Waals surface area (Å²) in [7, 11) is 0. The van der Waals surface area contributed by atoms with Gasteiger partial charge in [-0.1, -0.05) is 90.7 Å². The molecule has 0 spiro atoms. The second-order valence-electron chi connectivity index (χ2n) is 7.62. The number of ether oxygens (including phenoxy) is 2. The monoisotopic (exact) mass is 463 g/mol. The van der Waals surface area contributed by atoms with Gasteiger partial charge in [0.1, 0.15) is 11.5 Å². The van der Waals surface area contributed by atoms with Crippen molar-refractivity contribution in [3.8, 4) is 5.75 Å². The highest BCUT2D eigenvalue weighted by molar-refractivity contribution is 8.20. The van der Waals surface area contributed by atoms with Crippen molar-refractivity contribution in [2.45, 2.75) is 26.3 Å². The van der Waals surface area contributed by atoms with Gasteiger partial charge in [0.15, 0.2) is 0 Å². The average molecular weight is 464 g/mol. The van der Waals surface area contributed by atoms with E-state index in [1.54, 1.807) is 6.92 Å². The van der Waals surface area contributed by atoms with Crippen molar-refractivity contribution in [2.75, 3.05) is 6.61 Å². The second-order valence-corrected chi connectivity index (χ2v) is 11.8. The van der Waals surface area contributed by atoms with E-state index in [1.165, 1.54) is 6.08 Å². The predicted molar refractivity (Wildman–Crippen MR) is 133 cm³/mol. The van der Waals surface area contributed by atoms with E-state index >= 15 is 0 Å². The van der Waals surface area contributed by atoms with Gasteiger partial charge < -0.3 is 9.47 Å². The summed E-state index contributed by atoms with van der Waals surface area (Å²) in [5.74, 6) is 0.948. The first-order valence-electron chi connectivity index (χ1n) is 10.6. The Kier molecular flexibility index (Phi) is 6.90. The van der Waals surface area contributed by atoms with E-state index < -0.39 is 12.2 Å². The van der Waals surface area contributed by atoms with Crippen LogP contribution < -0.4 is 20.4 Å². The molecule has 0 amide bonds. The lowest BCUT2D eigenvalue weighted by atomic mass is 9.97. The quantitative estimate of drug-likeness (QED) is 0.320. The van der Waals surface area contributed by atoms with Crippen molar-refractivity contribution in [2.24, 2.45) is 0 Å². The van der Waals surface area contributed by atoms with Crippen molar-refractivity contribution >= 4 is 34.6 Å². The number of para-hydroxylation sites is 1. The van der Waals surface area contributed by atoms with Gasteiger partial charge in [0, 0.05) is 28.6 Å². The van der Waals surface area contributed by atoms with Crippen LogP contribution in [-0.2, 0) is 21.3 Å². The van der Waals surface area contributed by atoms with Gasteiger partial charge in [-0.25, -0.2) is 4.79 Å². The molecule has 4 nitrogen and oxygen atoms in total. The van der Waals surface area contributed by atoms with Gasteiger partial charge in [0.2, 0.25) is 0 Å². The number of aryl methyl sites for hydroxylation is 1. The zero-order chi connectivity index (χ0) is 22.6. The van der Waals surface area contributed by atoms with E-state index in [0.29, 0.717) is 18.8 Å². The van der Waals surface area contributed by atoms with E-state index in [-0.39, 0.29) is 6.04 Å². The fourth-order valence-corrected chi connectivity index (χ4v) is 7.45. The topological polar surface area (TPSA) is 47.6 Å². The van der Waals surface area contributed by atoms with Crippen LogP contribution in [0.4, 0.5) is 0 Å². The first-order chi connectivity index (χ1) is 15.5. The van der Waals surface area contributed by atoms with Crippen LogP contribution in [-0.4, -0.2) is 12.6 Å². The molecule has 0 bridgehead atoms. The average Bonchev–Trinajstić information content (AvgIpc) is 2.81. The molecule has 0 fully saturated rings. The molecule has 0 aliphatic carbocycles. The van der Waals surface area contributed by atoms with Crippen molar-refractivity contribution in [3.63, 3.8) is 0 Å². The van der Waals surface area contributed by atoms with E-state index in [0.717, 1.165) is 27.5 Å². The van der Waals surface area contributed by atoms with Gasteiger partial charge in [-0.05, 0) is 19.4 Å². The molecule has 1 atom stereocenters. The summed E-state index contributed by atoms with van der Waals surface area (Å²) in [5.41, 5.74) is 2.06. The minimum Gasteiger partial charge on any atom is -0.463 e. The number of hydrogen-bond donors (Lipinski definition) is 1. The third-order valence-electron chi connectivity index (χ3n) is 5.40. The number of hydrogen-bond acceptors (Lipinski definition) is 4. The number of rotatable bonds is 6. The lowest BCUT2D eigenvalue weighted by molar-refractivity contribution is -0.137. The van der Waals surface area contributed by atoms with Crippen LogP contribution in [0.1, 0.15) is 30.5 Å². The number of nitrogens with one attached hydrogen (secondary N) is 1. The van der Waals surface area contributed by atoms with Crippen LogP contribution in [0, 0.1) is 6.92 Å². The van der Waals surface area contributed by atoms with Gasteiger partial charge in [0.05, 0.1) is 18.9 Å². The second kappa shape index (κ2) is 9.83. The molecule has 6 heteroatoms. The smallest absolute Gasteiger partial charge is 0.334 e. The molecule has 0 saturated carbocycles. The molecule has 0 saturated heterocycles. The van der Waals surface area contributed by atoms with Crippen molar-refractivity contribution in [3.05, 3.63) is 102 Å². The Morgan fingerprint density at radius 3 is 2.28 bits per heavy atom. The van der Waals surface area contributed by atoms with Crippen molar-refractivity contribution in [1.82, 2.24) is 5.09 Å². The summed E-state index contributed by atoms with van der Waals surface area (Å²) in [6, 6.07) is 26.5. The molecule has 164 valence electrons. The van der Waals surface area contributed by atoms with E-state index in [9.17, 15) is 4.79 Å². The lowest BCUT2D eigenvalue weighted by Gasteiger charge is -2.34. The molecule has 1 heterocycles. The largest absolute Gasteiger partial charge is 0.463 e. The zero-order valence-corrected chi connectivity index (χ0v) is 19.9. The van der Waals surface area contributed by atoms with Gasteiger partial charge in [-0.15, -0.1) is 0 Å². The summed E-state index contributed by atoms with van der Waals surface area (Å²) in [6.07, 6.45) is -0.399. The van der Waals surface area contributed by atoms with Gasteiger partial charge in [-0.3, -0.25) is 5.09 Å². The van der Waals surface area contributed by atoms with Crippen LogP contribution in [0.25, 0.3) is 0 Å². The molecular formula is C26H26NO3PS. The summed E-state index contributed by atoms with van der Waals surface area (Å²) in [5, 5.41) is 6.03. The van der Waals surface area contributed by atoms with E-state index in [1.807, 2.05) is 55.5 Å². The van der Waals surface area contributed by atoms with Gasteiger partial charge >= 0.3 is 5.97 Å². The molecule has 1 aliphatic heterocycles. The summed E-state index contributed by atoms with van der Waals surface area (Å²) in [6.45, 7) is 4.12. The molecule has 4 rings (SSSR count). The van der Waals surface area contributed by atoms with Crippen molar-refractivity contribution < 1.29 is 14.3 Å². The fourth-order valence-electron chi connectivity index (χ4n) is 3.89. The molecule has 1 N–H and O–H groups in total. The third kappa shape index (κ3) is 4.71. The Labute approximate surface area is 194 Å². The highest BCUT2D eigenvalue weighted by Gasteiger charge is 2.32. The number of esters is 1. The molecule has 0 aromatic heterocycles. The van der Waals surface area contributed by atoms with Crippen LogP contribution in [0.15, 0.2) is 90.7 Å². The number of fused-ring (bicyclic) bond motifs is 1. The van der Waals surface area contributed by atoms with Crippen LogP contribution in [0.3, 0.4) is 0 Å². The maximum absolute atomic E-state index is 12.1. The Morgan fingerprint density at radius 1 is 1.06 bits per heavy atom. The maximum atomic E-state index is 12.1. The minimum atomic E-state index is -2.35. The van der Waals surface area contributed by atoms with Crippen LogP contribution in [0.5, 0.6) is 5.75 Å². The van der Waals surface area contributed by atoms with Gasteiger partial charge in [-0.2, -0.15) is 0 Å². The normalized spacial score (nSPS) is 16.8. The van der Waals surface area contributed by atoms with Crippen LogP contribution >= 0.6 is 6.19 Å². The molecular weight excluding hydrogens is 437 g/mol. The van der Waals surface area contributed by atoms with Gasteiger partial charge in [0.25, 0.3) is 0 Å². The Hall–Kier alpha value is -2.72. The number of benzene rings is 3. The highest BCUT2D eigenvalue weighted by Crippen LogP contribution is 2.47. The van der Waals surface area contributed by atoms with E-state index in [2.05, 4.69) is 35.4 Å². The fraction of sp³-hybridized carbons (Fsp3) is 0.192. The predicted octanol–water partition coefficient (Wildman–Crippen LogP) is 4.90. The molecule has 3 aromatic rings. The maximum Gasteiger partial charge on any atom is 0.334 e. The minimum absolute atomic E-state index is 0.106. The Morgan fingerprint density at radius 2 is 1.69 bits per heavy atom. The third-order valence-corrected chi connectivity index (χ3v) is 9.71. The molecule has 1 unspecified atom stereocenters.